The molecule has 98 valence electrons. The third kappa shape index (κ3) is 3.28. The smallest absolute Gasteiger partial charge is 0.308 e. The number of carbonyl (C=O) groups excluding carboxylic acids is 2. The predicted molar refractivity (Wildman–Crippen MR) is 61.1 cm³/mol. The number of hydrogen-bond acceptors (Lipinski definition) is 6. The lowest BCUT2D eigenvalue weighted by Gasteiger charge is -2.17. The predicted octanol–water partition coefficient (Wildman–Crippen LogP) is 0.162. The Morgan fingerprint density at radius 3 is 2.67 bits per heavy atom. The zero-order valence-electron chi connectivity index (χ0n) is 9.74. The SMILES string of the molecule is COC(=O)CC(O)C(O)c1ccc(O)c(C=O)c1. The van der Waals surface area contributed by atoms with E-state index in [0.29, 0.717) is 6.29 Å². The lowest BCUT2D eigenvalue weighted by molar-refractivity contribution is -0.144. The summed E-state index contributed by atoms with van der Waals surface area (Å²) in [7, 11) is 1.17. The first-order valence-corrected chi connectivity index (χ1v) is 5.20. The van der Waals surface area contributed by atoms with Crippen molar-refractivity contribution >= 4 is 12.3 Å². The Morgan fingerprint density at radius 1 is 1.44 bits per heavy atom. The van der Waals surface area contributed by atoms with Crippen LogP contribution in [0.25, 0.3) is 0 Å². The van der Waals surface area contributed by atoms with Gasteiger partial charge >= 0.3 is 5.97 Å². The molecule has 0 heterocycles. The van der Waals surface area contributed by atoms with Gasteiger partial charge < -0.3 is 20.1 Å². The van der Waals surface area contributed by atoms with E-state index in [1.54, 1.807) is 0 Å². The fourth-order valence-electron chi connectivity index (χ4n) is 1.44. The topological polar surface area (TPSA) is 104 Å². The van der Waals surface area contributed by atoms with Crippen LogP contribution in [-0.4, -0.2) is 40.8 Å². The molecule has 18 heavy (non-hydrogen) atoms. The summed E-state index contributed by atoms with van der Waals surface area (Å²) in [6.07, 6.45) is -2.63. The molecular formula is C12H14O6. The van der Waals surface area contributed by atoms with Crippen LogP contribution in [-0.2, 0) is 9.53 Å². The van der Waals surface area contributed by atoms with E-state index in [2.05, 4.69) is 4.74 Å². The first-order valence-electron chi connectivity index (χ1n) is 5.20. The molecule has 2 unspecified atom stereocenters. The van der Waals surface area contributed by atoms with Crippen molar-refractivity contribution in [1.82, 2.24) is 0 Å². The third-order valence-electron chi connectivity index (χ3n) is 2.49. The number of aliphatic hydroxyl groups excluding tert-OH is 2. The number of phenols is 1. The minimum Gasteiger partial charge on any atom is -0.507 e. The van der Waals surface area contributed by atoms with Crippen molar-refractivity contribution in [3.05, 3.63) is 29.3 Å². The van der Waals surface area contributed by atoms with Gasteiger partial charge in [0.15, 0.2) is 6.29 Å². The van der Waals surface area contributed by atoms with Gasteiger partial charge in [0.2, 0.25) is 0 Å². The number of ether oxygens (including phenoxy) is 1. The van der Waals surface area contributed by atoms with Gasteiger partial charge in [-0.2, -0.15) is 0 Å². The molecule has 0 aliphatic rings. The van der Waals surface area contributed by atoms with Gasteiger partial charge in [-0.25, -0.2) is 0 Å². The van der Waals surface area contributed by atoms with E-state index in [1.165, 1.54) is 25.3 Å². The van der Waals surface area contributed by atoms with Gasteiger partial charge in [-0.1, -0.05) is 6.07 Å². The number of methoxy groups -OCH3 is 1. The molecule has 1 rings (SSSR count). The normalized spacial score (nSPS) is 13.7. The Bertz CT molecular complexity index is 442. The van der Waals surface area contributed by atoms with Crippen molar-refractivity contribution in [3.8, 4) is 5.75 Å². The summed E-state index contributed by atoms with van der Waals surface area (Å²) in [4.78, 5) is 21.6. The molecule has 1 aromatic carbocycles. The van der Waals surface area contributed by atoms with Crippen molar-refractivity contribution in [2.24, 2.45) is 0 Å². The maximum absolute atomic E-state index is 10.9. The quantitative estimate of drug-likeness (QED) is 0.511. The van der Waals surface area contributed by atoms with Gasteiger partial charge in [0.1, 0.15) is 11.9 Å². The van der Waals surface area contributed by atoms with E-state index >= 15 is 0 Å². The number of hydrogen-bond donors (Lipinski definition) is 3. The highest BCUT2D eigenvalue weighted by atomic mass is 16.5. The van der Waals surface area contributed by atoms with Gasteiger partial charge in [-0.05, 0) is 17.7 Å². The second kappa shape index (κ2) is 6.13. The summed E-state index contributed by atoms with van der Waals surface area (Å²) in [5, 5.41) is 28.7. The minimum absolute atomic E-state index is 0.00295. The average molecular weight is 254 g/mol. The summed E-state index contributed by atoms with van der Waals surface area (Å²) in [5.41, 5.74) is 0.225. The molecule has 0 saturated carbocycles. The van der Waals surface area contributed by atoms with Crippen molar-refractivity contribution in [2.75, 3.05) is 7.11 Å². The van der Waals surface area contributed by atoms with E-state index < -0.39 is 18.2 Å². The van der Waals surface area contributed by atoms with Crippen LogP contribution in [0.15, 0.2) is 18.2 Å². The Morgan fingerprint density at radius 2 is 2.11 bits per heavy atom. The molecule has 0 bridgehead atoms. The molecular weight excluding hydrogens is 240 g/mol. The number of esters is 1. The molecule has 0 amide bonds. The molecule has 0 aliphatic heterocycles. The molecule has 6 heteroatoms. The van der Waals surface area contributed by atoms with Crippen LogP contribution in [0.5, 0.6) is 5.75 Å². The van der Waals surface area contributed by atoms with Crippen LogP contribution >= 0.6 is 0 Å². The fourth-order valence-corrected chi connectivity index (χ4v) is 1.44. The summed E-state index contributed by atoms with van der Waals surface area (Å²) < 4.78 is 4.36. The Labute approximate surface area is 103 Å². The monoisotopic (exact) mass is 254 g/mol. The number of aromatic hydroxyl groups is 1. The van der Waals surface area contributed by atoms with Crippen LogP contribution in [0.3, 0.4) is 0 Å². The van der Waals surface area contributed by atoms with Gasteiger partial charge in [0.05, 0.1) is 25.2 Å². The van der Waals surface area contributed by atoms with Gasteiger partial charge in [0.25, 0.3) is 0 Å². The first kappa shape index (κ1) is 14.1. The highest BCUT2D eigenvalue weighted by molar-refractivity contribution is 5.79. The molecule has 1 aromatic rings. The molecule has 6 nitrogen and oxygen atoms in total. The van der Waals surface area contributed by atoms with Crippen molar-refractivity contribution in [1.29, 1.82) is 0 Å². The maximum atomic E-state index is 10.9. The molecule has 0 radical (unpaired) electrons. The van der Waals surface area contributed by atoms with Gasteiger partial charge in [-0.3, -0.25) is 9.59 Å². The number of benzene rings is 1. The van der Waals surface area contributed by atoms with E-state index in [1.807, 2.05) is 0 Å². The second-order valence-electron chi connectivity index (χ2n) is 3.73. The second-order valence-corrected chi connectivity index (χ2v) is 3.73. The van der Waals surface area contributed by atoms with Crippen molar-refractivity contribution < 1.29 is 29.6 Å². The Kier molecular flexibility index (Phi) is 4.82. The number of aldehydes is 1. The van der Waals surface area contributed by atoms with Crippen LogP contribution in [0, 0.1) is 0 Å². The highest BCUT2D eigenvalue weighted by Gasteiger charge is 2.22. The largest absolute Gasteiger partial charge is 0.507 e. The number of rotatable bonds is 5. The van der Waals surface area contributed by atoms with Crippen molar-refractivity contribution in [3.63, 3.8) is 0 Å². The molecule has 2 atom stereocenters. The third-order valence-corrected chi connectivity index (χ3v) is 2.49. The van der Waals surface area contributed by atoms with Crippen LogP contribution in [0.2, 0.25) is 0 Å². The van der Waals surface area contributed by atoms with Gasteiger partial charge in [-0.15, -0.1) is 0 Å². The first-order chi connectivity index (χ1) is 8.49. The summed E-state index contributed by atoms with van der Waals surface area (Å²) in [5.74, 6) is -0.876. The average Bonchev–Trinajstić information content (AvgIpc) is 2.38. The Hall–Kier alpha value is -1.92. The summed E-state index contributed by atoms with van der Waals surface area (Å²) in [6.45, 7) is 0. The van der Waals surface area contributed by atoms with Crippen LogP contribution < -0.4 is 0 Å². The lowest BCUT2D eigenvalue weighted by atomic mass is 10.00. The van der Waals surface area contributed by atoms with Crippen LogP contribution in [0.1, 0.15) is 28.4 Å². The van der Waals surface area contributed by atoms with E-state index in [9.17, 15) is 24.9 Å². The fraction of sp³-hybridized carbons (Fsp3) is 0.333. The number of carbonyl (C=O) groups is 2. The van der Waals surface area contributed by atoms with Crippen LogP contribution in [0.4, 0.5) is 0 Å². The maximum Gasteiger partial charge on any atom is 0.308 e. The lowest BCUT2D eigenvalue weighted by Crippen LogP contribution is -2.22. The highest BCUT2D eigenvalue weighted by Crippen LogP contribution is 2.24. The number of phenolic OH excluding ortho intramolecular Hbond substituents is 1. The summed E-state index contributed by atoms with van der Waals surface area (Å²) >= 11 is 0. The molecule has 3 N–H and O–H groups in total. The standard InChI is InChI=1S/C12H14O6/c1-18-11(16)5-10(15)12(17)7-2-3-9(14)8(4-7)6-13/h2-4,6,10,12,14-15,17H,5H2,1H3. The van der Waals surface area contributed by atoms with Crippen molar-refractivity contribution in [2.45, 2.75) is 18.6 Å². The van der Waals surface area contributed by atoms with E-state index in [-0.39, 0.29) is 23.3 Å². The minimum atomic E-state index is -1.35. The molecule has 0 fully saturated rings. The Balaban J connectivity index is 2.86. The molecule has 0 saturated heterocycles. The molecule has 0 spiro atoms. The van der Waals surface area contributed by atoms with Gasteiger partial charge in [0, 0.05) is 0 Å². The molecule has 0 aliphatic carbocycles. The zero-order chi connectivity index (χ0) is 13.7. The number of aliphatic hydroxyl groups is 2. The summed E-state index contributed by atoms with van der Waals surface area (Å²) in [6, 6.07) is 3.83. The zero-order valence-corrected chi connectivity index (χ0v) is 9.74. The van der Waals surface area contributed by atoms with E-state index in [4.69, 9.17) is 0 Å². The molecule has 0 aromatic heterocycles. The van der Waals surface area contributed by atoms with E-state index in [0.717, 1.165) is 0 Å².